The van der Waals surface area contributed by atoms with Crippen LogP contribution in [0.5, 0.6) is 0 Å². The number of fused-ring (bicyclic) bond motifs is 1. The summed E-state index contributed by atoms with van der Waals surface area (Å²) in [6.07, 6.45) is 4.88. The van der Waals surface area contributed by atoms with Crippen molar-refractivity contribution in [2.75, 3.05) is 5.32 Å². The third-order valence-corrected chi connectivity index (χ3v) is 6.67. The largest absolute Gasteiger partial charge is 0.444 e. The molecule has 9 nitrogen and oxygen atoms in total. The minimum atomic E-state index is -1.39. The lowest BCUT2D eigenvalue weighted by molar-refractivity contribution is -0.144. The molecular weight excluding hydrogens is 532 g/mol. The van der Waals surface area contributed by atoms with E-state index in [1.807, 2.05) is 43.3 Å². The lowest BCUT2D eigenvalue weighted by Gasteiger charge is -2.38. The average Bonchev–Trinajstić information content (AvgIpc) is 2.93. The summed E-state index contributed by atoms with van der Waals surface area (Å²) in [5.41, 5.74) is 5.99. The van der Waals surface area contributed by atoms with Gasteiger partial charge < -0.3 is 26.0 Å². The van der Waals surface area contributed by atoms with Crippen LogP contribution in [0.15, 0.2) is 66.7 Å². The number of nitrogens with zero attached hydrogens (tertiary/aromatic N) is 1. The normalized spacial score (nSPS) is 13.2. The van der Waals surface area contributed by atoms with E-state index in [9.17, 15) is 19.2 Å². The molecule has 0 aliphatic rings. The molecule has 0 saturated carbocycles. The lowest BCUT2D eigenvalue weighted by Crippen LogP contribution is -2.55. The van der Waals surface area contributed by atoms with Crippen molar-refractivity contribution in [2.45, 2.75) is 71.2 Å². The van der Waals surface area contributed by atoms with Gasteiger partial charge >= 0.3 is 6.09 Å². The Morgan fingerprint density at radius 3 is 2.26 bits per heavy atom. The summed E-state index contributed by atoms with van der Waals surface area (Å²) in [5, 5.41) is 7.36. The fourth-order valence-corrected chi connectivity index (χ4v) is 4.59. The van der Waals surface area contributed by atoms with Gasteiger partial charge in [-0.1, -0.05) is 61.4 Å². The molecule has 3 aromatic carbocycles. The second kappa shape index (κ2) is 13.7. The summed E-state index contributed by atoms with van der Waals surface area (Å²) < 4.78 is 5.33. The number of nitrogens with two attached hydrogens (primary N) is 1. The Balaban J connectivity index is 2.10. The predicted molar refractivity (Wildman–Crippen MR) is 163 cm³/mol. The fourth-order valence-electron chi connectivity index (χ4n) is 4.59. The van der Waals surface area contributed by atoms with Crippen LogP contribution in [0.4, 0.5) is 10.5 Å². The highest BCUT2D eigenvalue weighted by atomic mass is 16.6. The second-order valence-corrected chi connectivity index (χ2v) is 11.1. The maximum absolute atomic E-state index is 14.2. The number of amides is 4. The number of primary amides is 1. The van der Waals surface area contributed by atoms with Crippen molar-refractivity contribution >= 4 is 40.3 Å². The zero-order valence-corrected chi connectivity index (χ0v) is 24.6. The Morgan fingerprint density at radius 1 is 1.00 bits per heavy atom. The van der Waals surface area contributed by atoms with Gasteiger partial charge in [0.1, 0.15) is 17.7 Å². The van der Waals surface area contributed by atoms with Gasteiger partial charge in [-0.15, -0.1) is 6.42 Å². The number of hydrogen-bond donors (Lipinski definition) is 3. The average molecular weight is 571 g/mol. The van der Waals surface area contributed by atoms with Crippen LogP contribution in [-0.2, 0) is 19.1 Å². The fraction of sp³-hybridized carbons (Fsp3) is 0.333. The van der Waals surface area contributed by atoms with Crippen molar-refractivity contribution in [1.29, 1.82) is 0 Å². The van der Waals surface area contributed by atoms with Crippen molar-refractivity contribution < 1.29 is 23.9 Å². The SMILES string of the molecule is C#Cc1ccccc1C(C(=O)Nc1ccc2ccccc2c1)N(C(=O)C(CC(N)=O)NC(=O)OC(C)(C)C)C(C)CC. The molecule has 0 aromatic heterocycles. The van der Waals surface area contributed by atoms with Gasteiger partial charge in [-0.3, -0.25) is 14.4 Å². The van der Waals surface area contributed by atoms with Crippen LogP contribution in [0.2, 0.25) is 0 Å². The van der Waals surface area contributed by atoms with Gasteiger partial charge in [-0.2, -0.15) is 0 Å². The van der Waals surface area contributed by atoms with Crippen molar-refractivity contribution in [3.05, 3.63) is 77.9 Å². The zero-order chi connectivity index (χ0) is 31.0. The molecule has 0 fully saturated rings. The Labute approximate surface area is 246 Å². The molecule has 3 unspecified atom stereocenters. The standard InChI is InChI=1S/C33H38N4O5/c1-7-21(3)37(31(40)27(20-28(34)38)36-32(41)42-33(4,5)6)29(26-16-12-11-13-22(26)8-2)30(39)35-25-18-17-23-14-9-10-15-24(23)19-25/h2,9-19,21,27,29H,7,20H2,1,3-6H3,(H2,34,38)(H,35,39)(H,36,41). The van der Waals surface area contributed by atoms with Crippen molar-refractivity contribution in [2.24, 2.45) is 5.73 Å². The first kappa shape index (κ1) is 31.7. The van der Waals surface area contributed by atoms with E-state index in [1.54, 1.807) is 58.0 Å². The highest BCUT2D eigenvalue weighted by Crippen LogP contribution is 2.30. The highest BCUT2D eigenvalue weighted by Gasteiger charge is 2.40. The van der Waals surface area contributed by atoms with E-state index in [2.05, 4.69) is 16.6 Å². The van der Waals surface area contributed by atoms with Crippen LogP contribution >= 0.6 is 0 Å². The number of anilines is 1. The van der Waals surface area contributed by atoms with Crippen LogP contribution < -0.4 is 16.4 Å². The number of carbonyl (C=O) groups excluding carboxylic acids is 4. The van der Waals surface area contributed by atoms with Crippen molar-refractivity contribution in [1.82, 2.24) is 10.2 Å². The number of terminal acetylenes is 1. The molecule has 0 radical (unpaired) electrons. The zero-order valence-electron chi connectivity index (χ0n) is 24.6. The topological polar surface area (TPSA) is 131 Å². The number of rotatable bonds is 10. The summed E-state index contributed by atoms with van der Waals surface area (Å²) in [5.74, 6) is 0.599. The molecule has 4 N–H and O–H groups in total. The Hall–Kier alpha value is -4.84. The maximum atomic E-state index is 14.2. The maximum Gasteiger partial charge on any atom is 0.408 e. The quantitative estimate of drug-likeness (QED) is 0.299. The van der Waals surface area contributed by atoms with E-state index >= 15 is 0 Å². The predicted octanol–water partition coefficient (Wildman–Crippen LogP) is 4.90. The van der Waals surface area contributed by atoms with Crippen LogP contribution in [0.3, 0.4) is 0 Å². The third kappa shape index (κ3) is 8.10. The minimum absolute atomic E-state index is 0.419. The molecule has 9 heteroatoms. The molecule has 3 rings (SSSR count). The van der Waals surface area contributed by atoms with Crippen molar-refractivity contribution in [3.63, 3.8) is 0 Å². The minimum Gasteiger partial charge on any atom is -0.444 e. The van der Waals surface area contributed by atoms with E-state index in [0.717, 1.165) is 10.8 Å². The van der Waals surface area contributed by atoms with E-state index in [1.165, 1.54) is 4.90 Å². The summed E-state index contributed by atoms with van der Waals surface area (Å²) in [6.45, 7) is 8.66. The second-order valence-electron chi connectivity index (χ2n) is 11.1. The van der Waals surface area contributed by atoms with E-state index in [4.69, 9.17) is 16.9 Å². The first-order chi connectivity index (χ1) is 19.8. The van der Waals surface area contributed by atoms with E-state index in [0.29, 0.717) is 23.2 Å². The van der Waals surface area contributed by atoms with Gasteiger partial charge in [0.05, 0.1) is 6.42 Å². The van der Waals surface area contributed by atoms with Gasteiger partial charge in [0, 0.05) is 17.3 Å². The van der Waals surface area contributed by atoms with Crippen LogP contribution in [0.1, 0.15) is 64.6 Å². The van der Waals surface area contributed by atoms with Crippen molar-refractivity contribution in [3.8, 4) is 12.3 Å². The Bertz CT molecular complexity index is 1500. The molecule has 0 aliphatic heterocycles. The molecule has 0 spiro atoms. The number of nitrogens with one attached hydrogen (secondary N) is 2. The van der Waals surface area contributed by atoms with Gasteiger partial charge in [0.15, 0.2) is 0 Å². The molecule has 0 aliphatic carbocycles. The summed E-state index contributed by atoms with van der Waals surface area (Å²) in [4.78, 5) is 54.5. The molecular formula is C33H38N4O5. The summed E-state index contributed by atoms with van der Waals surface area (Å²) >= 11 is 0. The number of benzene rings is 3. The van der Waals surface area contributed by atoms with E-state index in [-0.39, 0.29) is 0 Å². The summed E-state index contributed by atoms with van der Waals surface area (Å²) in [7, 11) is 0. The lowest BCUT2D eigenvalue weighted by atomic mass is 9.95. The number of alkyl carbamates (subject to hydrolysis) is 1. The monoisotopic (exact) mass is 570 g/mol. The molecule has 0 saturated heterocycles. The number of hydrogen-bond acceptors (Lipinski definition) is 5. The van der Waals surface area contributed by atoms with Gasteiger partial charge in [0.2, 0.25) is 11.8 Å². The summed E-state index contributed by atoms with van der Waals surface area (Å²) in [6, 6.07) is 17.0. The molecule has 4 amide bonds. The molecule has 220 valence electrons. The number of ether oxygens (including phenoxy) is 1. The first-order valence-corrected chi connectivity index (χ1v) is 13.8. The first-order valence-electron chi connectivity index (χ1n) is 13.8. The molecule has 0 bridgehead atoms. The van der Waals surface area contributed by atoms with Gasteiger partial charge in [-0.25, -0.2) is 4.79 Å². The smallest absolute Gasteiger partial charge is 0.408 e. The van der Waals surface area contributed by atoms with E-state index < -0.39 is 54.0 Å². The van der Waals surface area contributed by atoms with Gasteiger partial charge in [0.25, 0.3) is 5.91 Å². The van der Waals surface area contributed by atoms with Crippen LogP contribution in [-0.4, -0.2) is 46.4 Å². The van der Waals surface area contributed by atoms with Crippen LogP contribution in [0.25, 0.3) is 10.8 Å². The molecule has 42 heavy (non-hydrogen) atoms. The molecule has 3 aromatic rings. The number of carbonyl (C=O) groups is 4. The molecule has 3 atom stereocenters. The third-order valence-electron chi connectivity index (χ3n) is 6.67. The Kier molecular flexibility index (Phi) is 10.3. The van der Waals surface area contributed by atoms with Crippen LogP contribution in [0, 0.1) is 12.3 Å². The Morgan fingerprint density at radius 2 is 1.64 bits per heavy atom. The molecule has 0 heterocycles. The highest BCUT2D eigenvalue weighted by molar-refractivity contribution is 6.01. The van der Waals surface area contributed by atoms with Gasteiger partial charge in [-0.05, 0) is 68.7 Å².